The number of imide groups is 1. The summed E-state index contributed by atoms with van der Waals surface area (Å²) in [6.45, 7) is 3.20. The predicted octanol–water partition coefficient (Wildman–Crippen LogP) is 2.33. The van der Waals surface area contributed by atoms with Crippen LogP contribution in [0.3, 0.4) is 0 Å². The first kappa shape index (κ1) is 22.9. The van der Waals surface area contributed by atoms with E-state index in [0.717, 1.165) is 16.2 Å². The molecule has 33 heavy (non-hydrogen) atoms. The summed E-state index contributed by atoms with van der Waals surface area (Å²) in [4.78, 5) is 67.1. The Bertz CT molecular complexity index is 1160. The number of carbonyl (C=O) groups is 5. The number of fused-ring (bicyclic) bond motifs is 1. The zero-order valence-corrected chi connectivity index (χ0v) is 19.4. The van der Waals surface area contributed by atoms with Crippen LogP contribution < -0.4 is 5.32 Å². The smallest absolute Gasteiger partial charge is 0.265 e. The van der Waals surface area contributed by atoms with Gasteiger partial charge in [0, 0.05) is 46.1 Å². The summed E-state index contributed by atoms with van der Waals surface area (Å²) in [5, 5.41) is 2.68. The Hall–Kier alpha value is -3.24. The third-order valence-corrected chi connectivity index (χ3v) is 6.90. The summed E-state index contributed by atoms with van der Waals surface area (Å²) in [5.41, 5.74) is 0.528. The summed E-state index contributed by atoms with van der Waals surface area (Å²) >= 11 is 6.99. The third-order valence-electron chi connectivity index (χ3n) is 5.67. The molecule has 4 rings (SSSR count). The third kappa shape index (κ3) is 4.62. The fraction of sp³-hybridized carbons (Fsp3) is 0.318. The van der Waals surface area contributed by atoms with Gasteiger partial charge in [-0.05, 0) is 24.3 Å². The molecule has 2 aliphatic heterocycles. The minimum atomic E-state index is -0.552. The number of nitrogens with one attached hydrogen (secondary N) is 1. The van der Waals surface area contributed by atoms with Crippen LogP contribution in [-0.2, 0) is 9.59 Å². The van der Waals surface area contributed by atoms with E-state index in [2.05, 4.69) is 5.32 Å². The molecule has 1 saturated heterocycles. The molecule has 0 aliphatic carbocycles. The first-order valence-corrected chi connectivity index (χ1v) is 11.5. The summed E-state index contributed by atoms with van der Waals surface area (Å²) in [6.07, 6.45) is -0.0130. The van der Waals surface area contributed by atoms with Crippen molar-refractivity contribution < 1.29 is 24.0 Å². The summed E-state index contributed by atoms with van der Waals surface area (Å²) in [6, 6.07) is 7.84. The van der Waals surface area contributed by atoms with E-state index < -0.39 is 17.7 Å². The fourth-order valence-electron chi connectivity index (χ4n) is 3.90. The second kappa shape index (κ2) is 9.32. The number of piperazine rings is 1. The summed E-state index contributed by atoms with van der Waals surface area (Å²) in [5.74, 6) is -1.70. The largest absolute Gasteiger partial charge is 0.339 e. The van der Waals surface area contributed by atoms with E-state index in [1.165, 1.54) is 13.0 Å². The molecule has 172 valence electrons. The molecule has 0 unspecified atom stereocenters. The summed E-state index contributed by atoms with van der Waals surface area (Å²) in [7, 11) is 0. The molecule has 0 atom stereocenters. The zero-order chi connectivity index (χ0) is 23.7. The average Bonchev–Trinajstić information content (AvgIpc) is 3.34. The number of hydrogen-bond donors (Lipinski definition) is 1. The van der Waals surface area contributed by atoms with Gasteiger partial charge in [0.25, 0.3) is 17.7 Å². The van der Waals surface area contributed by atoms with Crippen molar-refractivity contribution >= 4 is 58.2 Å². The van der Waals surface area contributed by atoms with Crippen LogP contribution in [0.1, 0.15) is 43.7 Å². The van der Waals surface area contributed by atoms with Gasteiger partial charge in [-0.25, -0.2) is 0 Å². The molecule has 0 bridgehead atoms. The van der Waals surface area contributed by atoms with E-state index in [4.69, 9.17) is 11.6 Å². The Labute approximate surface area is 198 Å². The van der Waals surface area contributed by atoms with Crippen LogP contribution in [0.2, 0.25) is 4.34 Å². The first-order valence-electron chi connectivity index (χ1n) is 10.4. The molecule has 1 fully saturated rings. The van der Waals surface area contributed by atoms with Gasteiger partial charge in [0.15, 0.2) is 0 Å². The molecule has 3 heterocycles. The number of thiophene rings is 1. The fourth-order valence-corrected chi connectivity index (χ4v) is 4.84. The highest BCUT2D eigenvalue weighted by Gasteiger charge is 2.38. The lowest BCUT2D eigenvalue weighted by Gasteiger charge is -2.34. The molecule has 5 amide bonds. The zero-order valence-electron chi connectivity index (χ0n) is 17.8. The van der Waals surface area contributed by atoms with Crippen molar-refractivity contribution in [3.63, 3.8) is 0 Å². The maximum absolute atomic E-state index is 13.0. The van der Waals surface area contributed by atoms with Crippen LogP contribution in [0.4, 0.5) is 5.69 Å². The predicted molar refractivity (Wildman–Crippen MR) is 123 cm³/mol. The number of rotatable bonds is 5. The lowest BCUT2D eigenvalue weighted by atomic mass is 10.1. The molecule has 1 aromatic heterocycles. The van der Waals surface area contributed by atoms with Crippen LogP contribution in [0.25, 0.3) is 0 Å². The standard InChI is InChI=1S/C22H21ClN4O5S/c1-13(28)25-9-11-26(12-10-25)18(29)7-8-27-21(31)14-3-2-4-15(19(14)22(27)32)24-20(30)16-5-6-17(23)33-16/h2-6H,7-12H2,1H3,(H,24,30). The van der Waals surface area contributed by atoms with Gasteiger partial charge in [0.05, 0.1) is 26.0 Å². The van der Waals surface area contributed by atoms with E-state index in [-0.39, 0.29) is 41.6 Å². The molecular formula is C22H21ClN4O5S. The molecule has 0 radical (unpaired) electrons. The molecule has 1 aromatic carbocycles. The van der Waals surface area contributed by atoms with Gasteiger partial charge >= 0.3 is 0 Å². The van der Waals surface area contributed by atoms with E-state index in [0.29, 0.717) is 35.4 Å². The van der Waals surface area contributed by atoms with Crippen LogP contribution in [0.5, 0.6) is 0 Å². The van der Waals surface area contributed by atoms with Gasteiger partial charge in [-0.1, -0.05) is 17.7 Å². The van der Waals surface area contributed by atoms with E-state index in [1.807, 2.05) is 0 Å². The van der Waals surface area contributed by atoms with E-state index in [1.54, 1.807) is 34.1 Å². The second-order valence-electron chi connectivity index (χ2n) is 7.68. The van der Waals surface area contributed by atoms with Crippen molar-refractivity contribution in [2.45, 2.75) is 13.3 Å². The average molecular weight is 489 g/mol. The molecule has 1 N–H and O–H groups in total. The highest BCUT2D eigenvalue weighted by atomic mass is 35.5. The van der Waals surface area contributed by atoms with Gasteiger partial charge in [0.1, 0.15) is 0 Å². The van der Waals surface area contributed by atoms with Gasteiger partial charge in [-0.2, -0.15) is 0 Å². The number of benzene rings is 1. The van der Waals surface area contributed by atoms with Crippen molar-refractivity contribution in [1.29, 1.82) is 0 Å². The SMILES string of the molecule is CC(=O)N1CCN(C(=O)CCN2C(=O)c3cccc(NC(=O)c4ccc(Cl)s4)c3C2=O)CC1. The normalized spacial score (nSPS) is 15.6. The Morgan fingerprint density at radius 2 is 1.70 bits per heavy atom. The Kier molecular flexibility index (Phi) is 6.48. The minimum Gasteiger partial charge on any atom is -0.339 e. The molecule has 2 aromatic rings. The highest BCUT2D eigenvalue weighted by molar-refractivity contribution is 7.18. The van der Waals surface area contributed by atoms with Crippen molar-refractivity contribution in [1.82, 2.24) is 14.7 Å². The summed E-state index contributed by atoms with van der Waals surface area (Å²) < 4.78 is 0.461. The quantitative estimate of drug-likeness (QED) is 0.650. The Balaban J connectivity index is 1.42. The molecule has 9 nitrogen and oxygen atoms in total. The number of amides is 5. The van der Waals surface area contributed by atoms with Crippen molar-refractivity contribution in [3.05, 3.63) is 50.7 Å². The van der Waals surface area contributed by atoms with Crippen LogP contribution in [-0.4, -0.2) is 77.0 Å². The Morgan fingerprint density at radius 1 is 1.00 bits per heavy atom. The maximum atomic E-state index is 13.0. The van der Waals surface area contributed by atoms with Crippen LogP contribution >= 0.6 is 22.9 Å². The first-order chi connectivity index (χ1) is 15.8. The van der Waals surface area contributed by atoms with Crippen molar-refractivity contribution in [3.8, 4) is 0 Å². The molecular weight excluding hydrogens is 468 g/mol. The topological polar surface area (TPSA) is 107 Å². The van der Waals surface area contributed by atoms with Crippen molar-refractivity contribution in [2.75, 3.05) is 38.0 Å². The lowest BCUT2D eigenvalue weighted by molar-refractivity contribution is -0.138. The number of nitrogens with zero attached hydrogens (tertiary/aromatic N) is 3. The van der Waals surface area contributed by atoms with Gasteiger partial charge in [-0.15, -0.1) is 11.3 Å². The Morgan fingerprint density at radius 3 is 2.33 bits per heavy atom. The van der Waals surface area contributed by atoms with E-state index in [9.17, 15) is 24.0 Å². The van der Waals surface area contributed by atoms with Gasteiger partial charge < -0.3 is 15.1 Å². The maximum Gasteiger partial charge on any atom is 0.265 e. The van der Waals surface area contributed by atoms with Gasteiger partial charge in [0.2, 0.25) is 11.8 Å². The highest BCUT2D eigenvalue weighted by Crippen LogP contribution is 2.31. The molecule has 2 aliphatic rings. The number of anilines is 1. The molecule has 11 heteroatoms. The molecule has 0 saturated carbocycles. The minimum absolute atomic E-state index is 0.0130. The number of hydrogen-bond acceptors (Lipinski definition) is 6. The second-order valence-corrected chi connectivity index (χ2v) is 9.40. The van der Waals surface area contributed by atoms with Crippen LogP contribution in [0.15, 0.2) is 30.3 Å². The molecule has 0 spiro atoms. The lowest BCUT2D eigenvalue weighted by Crippen LogP contribution is -2.50. The van der Waals surface area contributed by atoms with E-state index >= 15 is 0 Å². The van der Waals surface area contributed by atoms with Gasteiger partial charge in [-0.3, -0.25) is 28.9 Å². The van der Waals surface area contributed by atoms with Crippen LogP contribution in [0, 0.1) is 0 Å². The van der Waals surface area contributed by atoms with Crippen molar-refractivity contribution in [2.24, 2.45) is 0 Å². The monoisotopic (exact) mass is 488 g/mol. The number of halogens is 1. The number of carbonyl (C=O) groups excluding carboxylic acids is 5.